The maximum absolute atomic E-state index is 12.7. The summed E-state index contributed by atoms with van der Waals surface area (Å²) in [7, 11) is 0. The van der Waals surface area contributed by atoms with Crippen molar-refractivity contribution in [1.29, 1.82) is 0 Å². The normalized spacial score (nSPS) is 11.0. The summed E-state index contributed by atoms with van der Waals surface area (Å²) >= 11 is 0. The SMILES string of the molecule is Cc1cccc([N+](=O)[O-])c1NC(=O)Cn1cnc2c(oc3ccccc32)c1=O. The molecule has 0 spiro atoms. The summed E-state index contributed by atoms with van der Waals surface area (Å²) in [6, 6.07) is 11.6. The number of nitro benzene ring substituents is 1. The van der Waals surface area contributed by atoms with Crippen LogP contribution in [0.3, 0.4) is 0 Å². The highest BCUT2D eigenvalue weighted by molar-refractivity contribution is 6.01. The minimum absolute atomic E-state index is 0.0540. The van der Waals surface area contributed by atoms with E-state index < -0.39 is 16.4 Å². The molecule has 2 heterocycles. The molecule has 1 N–H and O–H groups in total. The minimum Gasteiger partial charge on any atom is -0.448 e. The van der Waals surface area contributed by atoms with Gasteiger partial charge in [0.25, 0.3) is 11.2 Å². The van der Waals surface area contributed by atoms with Crippen LogP contribution in [0.15, 0.2) is 58.0 Å². The zero-order valence-electron chi connectivity index (χ0n) is 14.7. The predicted molar refractivity (Wildman–Crippen MR) is 102 cm³/mol. The summed E-state index contributed by atoms with van der Waals surface area (Å²) in [5, 5.41) is 14.4. The summed E-state index contributed by atoms with van der Waals surface area (Å²) in [5.41, 5.74) is 0.927. The number of hydrogen-bond donors (Lipinski definition) is 1. The van der Waals surface area contributed by atoms with Crippen LogP contribution in [-0.4, -0.2) is 20.4 Å². The lowest BCUT2D eigenvalue weighted by Crippen LogP contribution is -2.28. The molecular weight excluding hydrogens is 364 g/mol. The Morgan fingerprint density at radius 2 is 2.04 bits per heavy atom. The first-order chi connectivity index (χ1) is 13.5. The number of nitrogens with one attached hydrogen (secondary N) is 1. The molecule has 0 bridgehead atoms. The predicted octanol–water partition coefficient (Wildman–Crippen LogP) is 3.00. The third kappa shape index (κ3) is 2.88. The number of fused-ring (bicyclic) bond motifs is 3. The molecule has 0 unspecified atom stereocenters. The van der Waals surface area contributed by atoms with Crippen LogP contribution in [0.4, 0.5) is 11.4 Å². The van der Waals surface area contributed by atoms with E-state index in [0.717, 1.165) is 4.57 Å². The van der Waals surface area contributed by atoms with Crippen molar-refractivity contribution in [2.75, 3.05) is 5.32 Å². The van der Waals surface area contributed by atoms with Gasteiger partial charge in [0.15, 0.2) is 0 Å². The van der Waals surface area contributed by atoms with Crippen molar-refractivity contribution >= 4 is 39.4 Å². The van der Waals surface area contributed by atoms with E-state index in [1.54, 1.807) is 31.2 Å². The van der Waals surface area contributed by atoms with Gasteiger partial charge in [-0.2, -0.15) is 0 Å². The molecule has 9 heteroatoms. The van der Waals surface area contributed by atoms with E-state index >= 15 is 0 Å². The fourth-order valence-electron chi connectivity index (χ4n) is 3.03. The van der Waals surface area contributed by atoms with Gasteiger partial charge in [-0.25, -0.2) is 4.98 Å². The number of amides is 1. The van der Waals surface area contributed by atoms with Gasteiger partial charge in [-0.15, -0.1) is 0 Å². The average Bonchev–Trinajstić information content (AvgIpc) is 3.05. The van der Waals surface area contributed by atoms with Crippen molar-refractivity contribution in [3.63, 3.8) is 0 Å². The van der Waals surface area contributed by atoms with Crippen LogP contribution in [0, 0.1) is 17.0 Å². The lowest BCUT2D eigenvalue weighted by Gasteiger charge is -2.09. The Morgan fingerprint density at radius 1 is 1.25 bits per heavy atom. The van der Waals surface area contributed by atoms with Gasteiger partial charge in [-0.05, 0) is 24.6 Å². The number of rotatable bonds is 4. The van der Waals surface area contributed by atoms with Gasteiger partial charge in [0.05, 0.1) is 11.3 Å². The molecule has 4 rings (SSSR count). The van der Waals surface area contributed by atoms with Crippen molar-refractivity contribution in [1.82, 2.24) is 9.55 Å². The van der Waals surface area contributed by atoms with E-state index in [1.807, 2.05) is 6.07 Å². The molecule has 0 saturated heterocycles. The first-order valence-corrected chi connectivity index (χ1v) is 8.36. The lowest BCUT2D eigenvalue weighted by atomic mass is 10.1. The number of para-hydroxylation sites is 2. The number of hydrogen-bond acceptors (Lipinski definition) is 6. The van der Waals surface area contributed by atoms with E-state index in [-0.39, 0.29) is 23.5 Å². The third-order valence-electron chi connectivity index (χ3n) is 4.38. The summed E-state index contributed by atoms with van der Waals surface area (Å²) in [6.07, 6.45) is 1.26. The van der Waals surface area contributed by atoms with Gasteiger partial charge < -0.3 is 9.73 Å². The molecule has 9 nitrogen and oxygen atoms in total. The molecule has 2 aromatic heterocycles. The second-order valence-corrected chi connectivity index (χ2v) is 6.23. The molecule has 140 valence electrons. The Hall–Kier alpha value is -4.01. The number of aryl methyl sites for hydroxylation is 1. The van der Waals surface area contributed by atoms with Crippen LogP contribution in [-0.2, 0) is 11.3 Å². The molecular formula is C19H14N4O5. The first-order valence-electron chi connectivity index (χ1n) is 8.36. The highest BCUT2D eigenvalue weighted by Crippen LogP contribution is 2.27. The number of nitrogens with zero attached hydrogens (tertiary/aromatic N) is 3. The topological polar surface area (TPSA) is 120 Å². The van der Waals surface area contributed by atoms with Gasteiger partial charge in [0.2, 0.25) is 11.5 Å². The molecule has 4 aromatic rings. The van der Waals surface area contributed by atoms with Gasteiger partial charge >= 0.3 is 0 Å². The summed E-state index contributed by atoms with van der Waals surface area (Å²) < 4.78 is 6.68. The Bertz CT molecular complexity index is 1300. The second kappa shape index (κ2) is 6.62. The van der Waals surface area contributed by atoms with Crippen LogP contribution in [0.2, 0.25) is 0 Å². The van der Waals surface area contributed by atoms with E-state index in [0.29, 0.717) is 22.0 Å². The minimum atomic E-state index is -0.586. The monoisotopic (exact) mass is 378 g/mol. The van der Waals surface area contributed by atoms with Crippen molar-refractivity contribution < 1.29 is 14.1 Å². The molecule has 0 fully saturated rings. The van der Waals surface area contributed by atoms with E-state index in [1.165, 1.54) is 18.5 Å². The van der Waals surface area contributed by atoms with Crippen LogP contribution in [0.25, 0.3) is 22.1 Å². The van der Waals surface area contributed by atoms with Gasteiger partial charge in [0.1, 0.15) is 23.3 Å². The maximum atomic E-state index is 12.7. The Morgan fingerprint density at radius 3 is 2.82 bits per heavy atom. The van der Waals surface area contributed by atoms with Crippen molar-refractivity contribution in [3.05, 3.63) is 74.8 Å². The molecule has 0 saturated carbocycles. The fourth-order valence-corrected chi connectivity index (χ4v) is 3.03. The summed E-state index contributed by atoms with van der Waals surface area (Å²) in [4.78, 5) is 39.9. The van der Waals surface area contributed by atoms with E-state index in [9.17, 15) is 19.7 Å². The number of nitro groups is 1. The maximum Gasteiger partial charge on any atom is 0.297 e. The lowest BCUT2D eigenvalue weighted by molar-refractivity contribution is -0.384. The van der Waals surface area contributed by atoms with E-state index in [2.05, 4.69) is 10.3 Å². The summed E-state index contributed by atoms with van der Waals surface area (Å²) in [5.74, 6) is -0.586. The van der Waals surface area contributed by atoms with Gasteiger partial charge in [-0.1, -0.05) is 24.3 Å². The molecule has 0 atom stereocenters. The molecule has 1 amide bonds. The number of carbonyl (C=O) groups excluding carboxylic acids is 1. The number of benzene rings is 2. The van der Waals surface area contributed by atoms with Crippen LogP contribution in [0.5, 0.6) is 0 Å². The van der Waals surface area contributed by atoms with Crippen molar-refractivity contribution in [2.24, 2.45) is 0 Å². The largest absolute Gasteiger partial charge is 0.448 e. The number of aromatic nitrogens is 2. The van der Waals surface area contributed by atoms with Gasteiger partial charge in [0, 0.05) is 11.5 Å². The van der Waals surface area contributed by atoms with E-state index in [4.69, 9.17) is 4.42 Å². The molecule has 0 radical (unpaired) electrons. The second-order valence-electron chi connectivity index (χ2n) is 6.23. The van der Waals surface area contributed by atoms with Crippen LogP contribution >= 0.6 is 0 Å². The number of furan rings is 1. The van der Waals surface area contributed by atoms with Crippen LogP contribution < -0.4 is 10.9 Å². The zero-order chi connectivity index (χ0) is 19.8. The Labute approximate surface area is 157 Å². The third-order valence-corrected chi connectivity index (χ3v) is 4.38. The number of carbonyl (C=O) groups is 1. The van der Waals surface area contributed by atoms with Gasteiger partial charge in [-0.3, -0.25) is 24.3 Å². The standard InChI is InChI=1S/C19H14N4O5/c1-11-5-4-7-13(23(26)27)16(11)21-15(24)9-22-10-20-17-12-6-2-3-8-14(12)28-18(17)19(22)25/h2-8,10H,9H2,1H3,(H,21,24). The highest BCUT2D eigenvalue weighted by atomic mass is 16.6. The first kappa shape index (κ1) is 17.4. The molecule has 28 heavy (non-hydrogen) atoms. The highest BCUT2D eigenvalue weighted by Gasteiger charge is 2.19. The molecule has 2 aromatic carbocycles. The van der Waals surface area contributed by atoms with Crippen molar-refractivity contribution in [3.8, 4) is 0 Å². The fraction of sp³-hybridized carbons (Fsp3) is 0.105. The number of anilines is 1. The Kier molecular flexibility index (Phi) is 4.11. The molecule has 0 aliphatic rings. The molecule has 0 aliphatic carbocycles. The zero-order valence-corrected chi connectivity index (χ0v) is 14.7. The van der Waals surface area contributed by atoms with Crippen molar-refractivity contribution in [2.45, 2.75) is 13.5 Å². The average molecular weight is 378 g/mol. The molecule has 0 aliphatic heterocycles. The summed E-state index contributed by atoms with van der Waals surface area (Å²) in [6.45, 7) is 1.29. The quantitative estimate of drug-likeness (QED) is 0.430. The Balaban J connectivity index is 1.67. The smallest absolute Gasteiger partial charge is 0.297 e. The van der Waals surface area contributed by atoms with Crippen LogP contribution in [0.1, 0.15) is 5.56 Å².